The van der Waals surface area contributed by atoms with Gasteiger partial charge in [-0.1, -0.05) is 13.8 Å². The fourth-order valence-corrected chi connectivity index (χ4v) is 3.50. The van der Waals surface area contributed by atoms with Crippen molar-refractivity contribution in [2.45, 2.75) is 79.0 Å². The number of aromatic nitrogens is 3. The molecule has 28 heavy (non-hydrogen) atoms. The largest absolute Gasteiger partial charge is 0.378 e. The van der Waals surface area contributed by atoms with Crippen molar-refractivity contribution in [3.8, 4) is 0 Å². The first-order valence-corrected chi connectivity index (χ1v) is 10.9. The van der Waals surface area contributed by atoms with E-state index < -0.39 is 0 Å². The zero-order valence-corrected chi connectivity index (χ0v) is 18.0. The van der Waals surface area contributed by atoms with Gasteiger partial charge in [-0.3, -0.25) is 9.56 Å². The molecule has 1 unspecified atom stereocenters. The number of hydrogen-bond acceptors (Lipinski definition) is 4. The highest BCUT2D eigenvalue weighted by atomic mass is 16.5. The lowest BCUT2D eigenvalue weighted by molar-refractivity contribution is 0.0258. The molecule has 1 aromatic heterocycles. The van der Waals surface area contributed by atoms with Gasteiger partial charge in [-0.25, -0.2) is 9.48 Å². The minimum atomic E-state index is 0.0272. The summed E-state index contributed by atoms with van der Waals surface area (Å²) in [6.07, 6.45) is 5.11. The van der Waals surface area contributed by atoms with Gasteiger partial charge in [0, 0.05) is 45.8 Å². The number of rotatable bonds is 11. The molecular formula is C20H38N6O2. The van der Waals surface area contributed by atoms with Crippen molar-refractivity contribution in [1.29, 1.82) is 0 Å². The van der Waals surface area contributed by atoms with Crippen LogP contribution in [0.2, 0.25) is 0 Å². The third-order valence-corrected chi connectivity index (χ3v) is 5.02. The van der Waals surface area contributed by atoms with E-state index in [-0.39, 0.29) is 11.8 Å². The van der Waals surface area contributed by atoms with Crippen LogP contribution in [0.5, 0.6) is 0 Å². The summed E-state index contributed by atoms with van der Waals surface area (Å²) < 4.78 is 9.22. The van der Waals surface area contributed by atoms with Crippen molar-refractivity contribution in [2.75, 3.05) is 26.2 Å². The first-order chi connectivity index (χ1) is 13.6. The zero-order valence-electron chi connectivity index (χ0n) is 18.0. The first kappa shape index (κ1) is 22.5. The highest BCUT2D eigenvalue weighted by molar-refractivity contribution is 5.79. The number of aryl methyl sites for hydroxylation is 2. The molecule has 1 aromatic rings. The summed E-state index contributed by atoms with van der Waals surface area (Å²) in [5.41, 5.74) is 0.0272. The van der Waals surface area contributed by atoms with E-state index in [1.54, 1.807) is 4.68 Å². The van der Waals surface area contributed by atoms with Gasteiger partial charge in [0.15, 0.2) is 5.96 Å². The van der Waals surface area contributed by atoms with E-state index in [0.717, 1.165) is 70.1 Å². The fraction of sp³-hybridized carbons (Fsp3) is 0.850. The molecule has 8 nitrogen and oxygen atoms in total. The average molecular weight is 395 g/mol. The molecule has 0 amide bonds. The zero-order chi connectivity index (χ0) is 20.4. The average Bonchev–Trinajstić information content (AvgIpc) is 3.00. The Morgan fingerprint density at radius 2 is 2.11 bits per heavy atom. The van der Waals surface area contributed by atoms with Crippen LogP contribution in [0.25, 0.3) is 0 Å². The third kappa shape index (κ3) is 6.65. The van der Waals surface area contributed by atoms with Crippen molar-refractivity contribution in [1.82, 2.24) is 25.0 Å². The Kier molecular flexibility index (Phi) is 9.54. The van der Waals surface area contributed by atoms with Crippen molar-refractivity contribution < 1.29 is 4.74 Å². The number of hydrogen-bond donors (Lipinski definition) is 2. The maximum absolute atomic E-state index is 12.3. The molecule has 0 radical (unpaired) electrons. The van der Waals surface area contributed by atoms with E-state index >= 15 is 0 Å². The molecule has 1 atom stereocenters. The van der Waals surface area contributed by atoms with E-state index in [1.807, 2.05) is 11.5 Å². The number of ether oxygens (including phenoxy) is 1. The molecule has 160 valence electrons. The molecule has 0 saturated heterocycles. The second-order valence-electron chi connectivity index (χ2n) is 7.60. The number of nitrogens with zero attached hydrogens (tertiary/aromatic N) is 4. The lowest BCUT2D eigenvalue weighted by Gasteiger charge is -2.21. The van der Waals surface area contributed by atoms with E-state index in [2.05, 4.69) is 41.5 Å². The molecule has 1 aliphatic rings. The first-order valence-electron chi connectivity index (χ1n) is 10.9. The molecule has 2 rings (SSSR count). The Bertz CT molecular complexity index is 664. The minimum Gasteiger partial charge on any atom is -0.378 e. The van der Waals surface area contributed by atoms with Crippen LogP contribution >= 0.6 is 0 Å². The molecule has 0 bridgehead atoms. The van der Waals surface area contributed by atoms with Gasteiger partial charge in [-0.15, -0.1) is 0 Å². The van der Waals surface area contributed by atoms with E-state index in [1.165, 1.54) is 0 Å². The molecule has 0 saturated carbocycles. The molecule has 0 spiro atoms. The quantitative estimate of drug-likeness (QED) is 0.339. The van der Waals surface area contributed by atoms with Gasteiger partial charge in [-0.05, 0) is 45.4 Å². The Hall–Kier alpha value is -1.83. The summed E-state index contributed by atoms with van der Waals surface area (Å²) in [5.74, 6) is 2.25. The lowest BCUT2D eigenvalue weighted by atomic mass is 10.0. The fourth-order valence-electron chi connectivity index (χ4n) is 3.50. The van der Waals surface area contributed by atoms with Gasteiger partial charge in [0.05, 0.1) is 6.10 Å². The minimum absolute atomic E-state index is 0.0272. The normalized spacial score (nSPS) is 15.5. The Morgan fingerprint density at radius 1 is 1.29 bits per heavy atom. The number of fused-ring (bicyclic) bond motifs is 1. The summed E-state index contributed by atoms with van der Waals surface area (Å²) in [7, 11) is 0. The standard InChI is InChI=1S/C20H38N6O2/c1-5-21-19(23-13-11-17(16(3)4)28-6-2)22-12-9-15-26-20(27)25-14-8-7-10-18(25)24-26/h16-17H,5-15H2,1-4H3,(H2,21,22,23). The topological polar surface area (TPSA) is 85.5 Å². The SMILES string of the molecule is CCNC(=NCCCn1nc2n(c1=O)CCCC2)NCCC(OCC)C(C)C. The summed E-state index contributed by atoms with van der Waals surface area (Å²) in [5, 5.41) is 11.1. The van der Waals surface area contributed by atoms with Crippen LogP contribution in [0, 0.1) is 5.92 Å². The van der Waals surface area contributed by atoms with Crippen molar-refractivity contribution in [3.05, 3.63) is 16.3 Å². The third-order valence-electron chi connectivity index (χ3n) is 5.02. The van der Waals surface area contributed by atoms with Crippen LogP contribution in [0.1, 0.15) is 59.2 Å². The number of aliphatic imine (C=N–C) groups is 1. The van der Waals surface area contributed by atoms with Crippen molar-refractivity contribution in [2.24, 2.45) is 10.9 Å². The molecule has 2 N–H and O–H groups in total. The van der Waals surface area contributed by atoms with Gasteiger partial charge in [0.1, 0.15) is 5.82 Å². The molecular weight excluding hydrogens is 356 g/mol. The highest BCUT2D eigenvalue weighted by Crippen LogP contribution is 2.10. The summed E-state index contributed by atoms with van der Waals surface area (Å²) in [4.78, 5) is 17.0. The second-order valence-corrected chi connectivity index (χ2v) is 7.60. The van der Waals surface area contributed by atoms with Crippen molar-refractivity contribution >= 4 is 5.96 Å². The molecule has 2 heterocycles. The summed E-state index contributed by atoms with van der Waals surface area (Å²) in [6, 6.07) is 0. The summed E-state index contributed by atoms with van der Waals surface area (Å²) in [6.45, 7) is 12.9. The smallest absolute Gasteiger partial charge is 0.345 e. The Balaban J connectivity index is 1.79. The Morgan fingerprint density at radius 3 is 2.79 bits per heavy atom. The van der Waals surface area contributed by atoms with Crippen LogP contribution in [0.15, 0.2) is 9.79 Å². The van der Waals surface area contributed by atoms with Crippen molar-refractivity contribution in [3.63, 3.8) is 0 Å². The Labute approximate surface area is 168 Å². The van der Waals surface area contributed by atoms with Crippen LogP contribution in [-0.4, -0.2) is 52.7 Å². The van der Waals surface area contributed by atoms with Crippen LogP contribution in [0.4, 0.5) is 0 Å². The van der Waals surface area contributed by atoms with E-state index in [4.69, 9.17) is 4.74 Å². The van der Waals surface area contributed by atoms with E-state index in [9.17, 15) is 4.79 Å². The van der Waals surface area contributed by atoms with E-state index in [0.29, 0.717) is 19.0 Å². The molecule has 0 aromatic carbocycles. The predicted molar refractivity (Wildman–Crippen MR) is 113 cm³/mol. The molecule has 8 heteroatoms. The molecule has 0 fully saturated rings. The predicted octanol–water partition coefficient (Wildman–Crippen LogP) is 1.78. The van der Waals surface area contributed by atoms with Crippen LogP contribution in [-0.2, 0) is 24.2 Å². The second kappa shape index (κ2) is 11.9. The van der Waals surface area contributed by atoms with Gasteiger partial charge < -0.3 is 15.4 Å². The molecule has 1 aliphatic heterocycles. The maximum atomic E-state index is 12.3. The van der Waals surface area contributed by atoms with Gasteiger partial charge in [-0.2, -0.15) is 5.10 Å². The summed E-state index contributed by atoms with van der Waals surface area (Å²) >= 11 is 0. The van der Waals surface area contributed by atoms with Gasteiger partial charge >= 0.3 is 5.69 Å². The van der Waals surface area contributed by atoms with Gasteiger partial charge in [0.2, 0.25) is 0 Å². The lowest BCUT2D eigenvalue weighted by Crippen LogP contribution is -2.39. The molecule has 0 aliphatic carbocycles. The van der Waals surface area contributed by atoms with Gasteiger partial charge in [0.25, 0.3) is 0 Å². The monoisotopic (exact) mass is 394 g/mol. The van der Waals surface area contributed by atoms with Crippen LogP contribution in [0.3, 0.4) is 0 Å². The van der Waals surface area contributed by atoms with Crippen LogP contribution < -0.4 is 16.3 Å². The number of nitrogens with one attached hydrogen (secondary N) is 2. The maximum Gasteiger partial charge on any atom is 0.345 e. The number of guanidine groups is 1. The highest BCUT2D eigenvalue weighted by Gasteiger charge is 2.16.